The van der Waals surface area contributed by atoms with E-state index >= 15 is 0 Å². The second-order valence-corrected chi connectivity index (χ2v) is 6.34. The summed E-state index contributed by atoms with van der Waals surface area (Å²) in [7, 11) is 1.31. The Morgan fingerprint density at radius 3 is 2.64 bits per heavy atom. The summed E-state index contributed by atoms with van der Waals surface area (Å²) in [4.78, 5) is 27.3. The number of carbonyl (C=O) groups is 1. The Balaban J connectivity index is 1.96. The van der Waals surface area contributed by atoms with E-state index in [9.17, 15) is 9.59 Å². The van der Waals surface area contributed by atoms with Crippen molar-refractivity contribution in [3.63, 3.8) is 0 Å². The van der Waals surface area contributed by atoms with E-state index in [1.807, 2.05) is 24.3 Å². The van der Waals surface area contributed by atoms with Crippen molar-refractivity contribution in [1.82, 2.24) is 9.55 Å². The molecule has 3 rings (SSSR count). The molecule has 5 nitrogen and oxygen atoms in total. The van der Waals surface area contributed by atoms with Crippen LogP contribution >= 0.6 is 23.8 Å². The first-order valence-electron chi connectivity index (χ1n) is 7.59. The lowest BCUT2D eigenvalue weighted by Gasteiger charge is -2.09. The molecule has 0 aliphatic carbocycles. The van der Waals surface area contributed by atoms with Crippen LogP contribution in [-0.2, 0) is 17.7 Å². The molecule has 7 heteroatoms. The Labute approximate surface area is 153 Å². The normalized spacial score (nSPS) is 10.8. The number of aryl methyl sites for hydroxylation is 1. The van der Waals surface area contributed by atoms with Gasteiger partial charge in [0.15, 0.2) is 4.77 Å². The fourth-order valence-corrected chi connectivity index (χ4v) is 3.00. The van der Waals surface area contributed by atoms with Crippen LogP contribution in [0.4, 0.5) is 0 Å². The average Bonchev–Trinajstić information content (AvgIpc) is 2.61. The molecule has 128 valence electrons. The predicted molar refractivity (Wildman–Crippen MR) is 99.9 cm³/mol. The summed E-state index contributed by atoms with van der Waals surface area (Å²) in [6.45, 7) is 0.449. The lowest BCUT2D eigenvalue weighted by molar-refractivity contribution is 0.0601. The molecule has 0 fully saturated rings. The maximum atomic E-state index is 12.7. The Morgan fingerprint density at radius 2 is 1.96 bits per heavy atom. The highest BCUT2D eigenvalue weighted by molar-refractivity contribution is 7.71. The van der Waals surface area contributed by atoms with Gasteiger partial charge in [-0.2, -0.15) is 0 Å². The van der Waals surface area contributed by atoms with Crippen molar-refractivity contribution in [2.45, 2.75) is 13.0 Å². The Bertz CT molecular complexity index is 1050. The SMILES string of the molecule is COC(=O)c1ccc2c(=O)n(CCc3ccc(Cl)cc3)c(=S)[nH]c2c1. The number of hydrogen-bond donors (Lipinski definition) is 1. The van der Waals surface area contributed by atoms with Crippen molar-refractivity contribution < 1.29 is 9.53 Å². The summed E-state index contributed by atoms with van der Waals surface area (Å²) in [5.74, 6) is -0.465. The van der Waals surface area contributed by atoms with Crippen LogP contribution in [0.2, 0.25) is 5.02 Å². The standard InChI is InChI=1S/C18H15ClN2O3S/c1-24-17(23)12-4-7-14-15(10-12)20-18(25)21(16(14)22)9-8-11-2-5-13(19)6-3-11/h2-7,10H,8-9H2,1H3,(H,20,25). The number of halogens is 1. The Hall–Kier alpha value is -2.44. The number of esters is 1. The van der Waals surface area contributed by atoms with E-state index in [0.717, 1.165) is 5.56 Å². The fourth-order valence-electron chi connectivity index (χ4n) is 2.59. The molecule has 0 atom stereocenters. The highest BCUT2D eigenvalue weighted by atomic mass is 35.5. The van der Waals surface area contributed by atoms with E-state index in [2.05, 4.69) is 4.98 Å². The van der Waals surface area contributed by atoms with Crippen molar-refractivity contribution in [1.29, 1.82) is 0 Å². The number of aromatic nitrogens is 2. The molecule has 0 aliphatic heterocycles. The first-order valence-corrected chi connectivity index (χ1v) is 8.38. The molecule has 0 saturated carbocycles. The zero-order chi connectivity index (χ0) is 18.0. The minimum atomic E-state index is -0.465. The average molecular weight is 375 g/mol. The summed E-state index contributed by atoms with van der Waals surface area (Å²) in [6, 6.07) is 12.2. The van der Waals surface area contributed by atoms with Crippen LogP contribution in [0.5, 0.6) is 0 Å². The molecule has 2 aromatic carbocycles. The molecule has 0 bridgehead atoms. The van der Waals surface area contributed by atoms with Crippen LogP contribution in [0, 0.1) is 4.77 Å². The number of fused-ring (bicyclic) bond motifs is 1. The van der Waals surface area contributed by atoms with Crippen LogP contribution in [0.15, 0.2) is 47.3 Å². The number of nitrogens with zero attached hydrogens (tertiary/aromatic N) is 1. The third-order valence-corrected chi connectivity index (χ3v) is 4.51. The van der Waals surface area contributed by atoms with Gasteiger partial charge in [-0.15, -0.1) is 0 Å². The third-order valence-electron chi connectivity index (χ3n) is 3.94. The largest absolute Gasteiger partial charge is 0.465 e. The van der Waals surface area contributed by atoms with Crippen LogP contribution in [0.25, 0.3) is 10.9 Å². The summed E-state index contributed by atoms with van der Waals surface area (Å²) in [5, 5.41) is 1.14. The van der Waals surface area contributed by atoms with Gasteiger partial charge >= 0.3 is 5.97 Å². The maximum Gasteiger partial charge on any atom is 0.337 e. The number of methoxy groups -OCH3 is 1. The third kappa shape index (κ3) is 3.65. The molecule has 0 unspecified atom stereocenters. The first kappa shape index (κ1) is 17.4. The lowest BCUT2D eigenvalue weighted by Crippen LogP contribution is -2.23. The van der Waals surface area contributed by atoms with Crippen molar-refractivity contribution in [3.8, 4) is 0 Å². The van der Waals surface area contributed by atoms with Gasteiger partial charge in [-0.05, 0) is 54.5 Å². The molecule has 0 radical (unpaired) electrons. The van der Waals surface area contributed by atoms with E-state index in [1.165, 1.54) is 11.7 Å². The number of ether oxygens (including phenoxy) is 1. The van der Waals surface area contributed by atoms with E-state index in [4.69, 9.17) is 28.6 Å². The first-order chi connectivity index (χ1) is 12.0. The van der Waals surface area contributed by atoms with Crippen molar-refractivity contribution in [2.75, 3.05) is 7.11 Å². The highest BCUT2D eigenvalue weighted by Gasteiger charge is 2.10. The number of carbonyl (C=O) groups excluding carboxylic acids is 1. The van der Waals surface area contributed by atoms with Crippen LogP contribution in [-0.4, -0.2) is 22.6 Å². The molecule has 0 spiro atoms. The molecule has 25 heavy (non-hydrogen) atoms. The van der Waals surface area contributed by atoms with Crippen molar-refractivity contribution in [3.05, 3.63) is 73.7 Å². The molecule has 0 amide bonds. The van der Waals surface area contributed by atoms with E-state index < -0.39 is 5.97 Å². The maximum absolute atomic E-state index is 12.7. The topological polar surface area (TPSA) is 64.1 Å². The van der Waals surface area contributed by atoms with Gasteiger partial charge in [0, 0.05) is 11.6 Å². The van der Waals surface area contributed by atoms with Crippen LogP contribution < -0.4 is 5.56 Å². The van der Waals surface area contributed by atoms with Gasteiger partial charge in [0.2, 0.25) is 0 Å². The molecular weight excluding hydrogens is 360 g/mol. The number of hydrogen-bond acceptors (Lipinski definition) is 4. The number of benzene rings is 2. The predicted octanol–water partition coefficient (Wildman–Crippen LogP) is 3.74. The smallest absolute Gasteiger partial charge is 0.337 e. The minimum absolute atomic E-state index is 0.191. The minimum Gasteiger partial charge on any atom is -0.465 e. The fraction of sp³-hybridized carbons (Fsp3) is 0.167. The lowest BCUT2D eigenvalue weighted by atomic mass is 10.1. The highest BCUT2D eigenvalue weighted by Crippen LogP contribution is 2.13. The number of nitrogens with one attached hydrogen (secondary N) is 1. The van der Waals surface area contributed by atoms with Crippen LogP contribution in [0.1, 0.15) is 15.9 Å². The second kappa shape index (κ2) is 7.21. The monoisotopic (exact) mass is 374 g/mol. The summed E-state index contributed by atoms with van der Waals surface area (Å²) >= 11 is 11.2. The molecule has 1 heterocycles. The number of rotatable bonds is 4. The second-order valence-electron chi connectivity index (χ2n) is 5.52. The van der Waals surface area contributed by atoms with E-state index in [1.54, 1.807) is 18.2 Å². The van der Waals surface area contributed by atoms with Gasteiger partial charge in [-0.25, -0.2) is 4.79 Å². The van der Waals surface area contributed by atoms with Gasteiger partial charge in [0.1, 0.15) is 0 Å². The number of H-pyrrole nitrogens is 1. The molecular formula is C18H15ClN2O3S. The van der Waals surface area contributed by atoms with Crippen molar-refractivity contribution in [2.24, 2.45) is 0 Å². The number of aromatic amines is 1. The van der Waals surface area contributed by atoms with E-state index in [-0.39, 0.29) is 5.56 Å². The van der Waals surface area contributed by atoms with Gasteiger partial charge in [0.05, 0.1) is 23.6 Å². The Morgan fingerprint density at radius 1 is 1.24 bits per heavy atom. The van der Waals surface area contributed by atoms with Crippen LogP contribution in [0.3, 0.4) is 0 Å². The van der Waals surface area contributed by atoms with Gasteiger partial charge in [-0.1, -0.05) is 23.7 Å². The summed E-state index contributed by atoms with van der Waals surface area (Å²) in [6.07, 6.45) is 0.653. The van der Waals surface area contributed by atoms with Gasteiger partial charge < -0.3 is 9.72 Å². The zero-order valence-corrected chi connectivity index (χ0v) is 15.0. The molecule has 1 aromatic heterocycles. The molecule has 1 N–H and O–H groups in total. The summed E-state index contributed by atoms with van der Waals surface area (Å²) in [5.41, 5.74) is 1.75. The van der Waals surface area contributed by atoms with Gasteiger partial charge in [0.25, 0.3) is 5.56 Å². The van der Waals surface area contributed by atoms with Gasteiger partial charge in [-0.3, -0.25) is 9.36 Å². The van der Waals surface area contributed by atoms with Crippen molar-refractivity contribution >= 4 is 40.7 Å². The summed E-state index contributed by atoms with van der Waals surface area (Å²) < 4.78 is 6.53. The molecule has 0 saturated heterocycles. The quantitative estimate of drug-likeness (QED) is 0.558. The molecule has 3 aromatic rings. The Kier molecular flexibility index (Phi) is 5.01. The zero-order valence-electron chi connectivity index (χ0n) is 13.4. The van der Waals surface area contributed by atoms with E-state index in [0.29, 0.717) is 39.2 Å². The molecule has 0 aliphatic rings.